The van der Waals surface area contributed by atoms with Crippen LogP contribution in [-0.2, 0) is 4.79 Å². The number of nitrogens with one attached hydrogen (secondary N) is 1. The van der Waals surface area contributed by atoms with Gasteiger partial charge in [0.2, 0.25) is 11.7 Å². The van der Waals surface area contributed by atoms with E-state index in [-0.39, 0.29) is 24.3 Å². The lowest BCUT2D eigenvalue weighted by Gasteiger charge is -2.32. The Hall–Kier alpha value is -2.95. The second-order valence-corrected chi connectivity index (χ2v) is 5.88. The summed E-state index contributed by atoms with van der Waals surface area (Å²) in [6.45, 7) is 1.06. The van der Waals surface area contributed by atoms with Gasteiger partial charge in [0.15, 0.2) is 11.5 Å². The van der Waals surface area contributed by atoms with Crippen molar-refractivity contribution in [3.05, 3.63) is 17.7 Å². The molecule has 1 aliphatic heterocycles. The van der Waals surface area contributed by atoms with Crippen LogP contribution in [0.2, 0.25) is 0 Å². The third-order valence-electron chi connectivity index (χ3n) is 4.34. The Balaban J connectivity index is 2.03. The van der Waals surface area contributed by atoms with E-state index in [1.54, 1.807) is 17.0 Å². The third-order valence-corrected chi connectivity index (χ3v) is 4.34. The molecule has 1 aliphatic rings. The monoisotopic (exact) mass is 361 g/mol. The summed E-state index contributed by atoms with van der Waals surface area (Å²) in [4.78, 5) is 26.0. The van der Waals surface area contributed by atoms with Crippen LogP contribution < -0.4 is 19.5 Å². The molecule has 1 aromatic carbocycles. The number of nitrogens with zero attached hydrogens (tertiary/aromatic N) is 2. The Morgan fingerprint density at radius 2 is 1.73 bits per heavy atom. The van der Waals surface area contributed by atoms with Gasteiger partial charge in [-0.3, -0.25) is 9.59 Å². The Bertz CT molecular complexity index is 680. The molecule has 0 spiro atoms. The van der Waals surface area contributed by atoms with E-state index in [4.69, 9.17) is 19.5 Å². The van der Waals surface area contributed by atoms with Crippen LogP contribution in [-0.4, -0.2) is 57.2 Å². The maximum atomic E-state index is 12.6. The van der Waals surface area contributed by atoms with Gasteiger partial charge in [0.05, 0.1) is 27.4 Å². The molecule has 1 heterocycles. The number of nitriles is 1. The Labute approximate surface area is 152 Å². The molecule has 1 N–H and O–H groups in total. The highest BCUT2D eigenvalue weighted by atomic mass is 16.5. The highest BCUT2D eigenvalue weighted by Gasteiger charge is 2.25. The van der Waals surface area contributed by atoms with Gasteiger partial charge >= 0.3 is 0 Å². The fraction of sp³-hybridized carbons (Fsp3) is 0.500. The molecule has 0 saturated carbocycles. The van der Waals surface area contributed by atoms with Crippen LogP contribution in [0.3, 0.4) is 0 Å². The van der Waals surface area contributed by atoms with Gasteiger partial charge in [-0.05, 0) is 25.0 Å². The third kappa shape index (κ3) is 4.36. The average molecular weight is 361 g/mol. The van der Waals surface area contributed by atoms with Crippen molar-refractivity contribution < 1.29 is 23.8 Å². The molecule has 0 unspecified atom stereocenters. The fourth-order valence-electron chi connectivity index (χ4n) is 2.93. The molecule has 8 nitrogen and oxygen atoms in total. The zero-order valence-corrected chi connectivity index (χ0v) is 15.2. The molecule has 2 amide bonds. The summed E-state index contributed by atoms with van der Waals surface area (Å²) in [5.74, 6) is 0.840. The number of hydrogen-bond donors (Lipinski definition) is 1. The topological polar surface area (TPSA) is 101 Å². The second-order valence-electron chi connectivity index (χ2n) is 5.88. The van der Waals surface area contributed by atoms with E-state index >= 15 is 0 Å². The van der Waals surface area contributed by atoms with E-state index in [9.17, 15) is 9.59 Å². The largest absolute Gasteiger partial charge is 0.493 e. The van der Waals surface area contributed by atoms with Gasteiger partial charge in [-0.25, -0.2) is 0 Å². The Kier molecular flexibility index (Phi) is 6.67. The highest BCUT2D eigenvalue weighted by molar-refractivity contribution is 5.95. The Morgan fingerprint density at radius 1 is 1.15 bits per heavy atom. The number of benzene rings is 1. The number of carbonyl (C=O) groups is 2. The number of piperidine rings is 1. The zero-order valence-electron chi connectivity index (χ0n) is 15.2. The van der Waals surface area contributed by atoms with Crippen LogP contribution >= 0.6 is 0 Å². The SMILES string of the molecule is COc1cc(C(=O)NC2CCN(C(=O)CC#N)CC2)cc(OC)c1OC. The van der Waals surface area contributed by atoms with E-state index in [0.717, 1.165) is 0 Å². The molecule has 1 fully saturated rings. The highest BCUT2D eigenvalue weighted by Crippen LogP contribution is 2.38. The molecule has 140 valence electrons. The summed E-state index contributed by atoms with van der Waals surface area (Å²) >= 11 is 0. The lowest BCUT2D eigenvalue weighted by atomic mass is 10.0. The van der Waals surface area contributed by atoms with E-state index in [2.05, 4.69) is 5.32 Å². The van der Waals surface area contributed by atoms with Gasteiger partial charge in [-0.15, -0.1) is 0 Å². The number of hydrogen-bond acceptors (Lipinski definition) is 6. The van der Waals surface area contributed by atoms with E-state index in [1.165, 1.54) is 21.3 Å². The number of amides is 2. The smallest absolute Gasteiger partial charge is 0.251 e. The summed E-state index contributed by atoms with van der Waals surface area (Å²) in [7, 11) is 4.49. The number of likely N-dealkylation sites (tertiary alicyclic amines) is 1. The van der Waals surface area contributed by atoms with Crippen LogP contribution in [0.15, 0.2) is 12.1 Å². The number of carbonyl (C=O) groups excluding carboxylic acids is 2. The molecule has 26 heavy (non-hydrogen) atoms. The first kappa shape index (κ1) is 19.4. The number of ether oxygens (including phenoxy) is 3. The minimum absolute atomic E-state index is 0.0345. The van der Waals surface area contributed by atoms with Crippen molar-refractivity contribution in [3.63, 3.8) is 0 Å². The van der Waals surface area contributed by atoms with Gasteiger partial charge in [0, 0.05) is 24.7 Å². The first-order valence-electron chi connectivity index (χ1n) is 8.29. The number of rotatable bonds is 6. The molecule has 0 atom stereocenters. The van der Waals surface area contributed by atoms with Crippen LogP contribution in [0.4, 0.5) is 0 Å². The van der Waals surface area contributed by atoms with Crippen molar-refractivity contribution in [1.29, 1.82) is 5.26 Å². The first-order chi connectivity index (χ1) is 12.5. The summed E-state index contributed by atoms with van der Waals surface area (Å²) < 4.78 is 15.8. The summed E-state index contributed by atoms with van der Waals surface area (Å²) in [5.41, 5.74) is 0.405. The van der Waals surface area contributed by atoms with Crippen LogP contribution in [0.25, 0.3) is 0 Å². The van der Waals surface area contributed by atoms with E-state index in [0.29, 0.717) is 48.7 Å². The maximum Gasteiger partial charge on any atom is 0.251 e. The minimum atomic E-state index is -0.244. The van der Waals surface area contributed by atoms with Crippen molar-refractivity contribution >= 4 is 11.8 Å². The summed E-state index contributed by atoms with van der Waals surface area (Å²) in [6.07, 6.45) is 1.18. The standard InChI is InChI=1S/C18H23N3O5/c1-24-14-10-12(11-15(25-2)17(14)26-3)18(23)20-13-5-8-21(9-6-13)16(22)4-7-19/h10-11,13H,4-6,8-9H2,1-3H3,(H,20,23). The molecule has 2 rings (SSSR count). The molecular formula is C18H23N3O5. The van der Waals surface area contributed by atoms with Crippen molar-refractivity contribution in [2.24, 2.45) is 0 Å². The molecule has 0 aliphatic carbocycles. The van der Waals surface area contributed by atoms with E-state index in [1.807, 2.05) is 6.07 Å². The van der Waals surface area contributed by atoms with Gasteiger partial charge in [0.25, 0.3) is 5.91 Å². The van der Waals surface area contributed by atoms with Gasteiger partial charge in [-0.1, -0.05) is 0 Å². The van der Waals surface area contributed by atoms with Gasteiger partial charge in [0.1, 0.15) is 6.42 Å². The Morgan fingerprint density at radius 3 is 2.19 bits per heavy atom. The second kappa shape index (κ2) is 8.94. The first-order valence-corrected chi connectivity index (χ1v) is 8.29. The van der Waals surface area contributed by atoms with Crippen molar-refractivity contribution in [2.75, 3.05) is 34.4 Å². The van der Waals surface area contributed by atoms with Gasteiger partial charge in [-0.2, -0.15) is 5.26 Å². The van der Waals surface area contributed by atoms with Crippen LogP contribution in [0.1, 0.15) is 29.6 Å². The summed E-state index contributed by atoms with van der Waals surface area (Å²) in [6, 6.07) is 5.03. The predicted molar refractivity (Wildman–Crippen MR) is 93.4 cm³/mol. The molecular weight excluding hydrogens is 338 g/mol. The van der Waals surface area contributed by atoms with Crippen LogP contribution in [0.5, 0.6) is 17.2 Å². The molecule has 0 aromatic heterocycles. The molecule has 8 heteroatoms. The molecule has 0 bridgehead atoms. The normalized spacial score (nSPS) is 14.3. The molecule has 1 saturated heterocycles. The van der Waals surface area contributed by atoms with Crippen molar-refractivity contribution in [3.8, 4) is 23.3 Å². The lowest BCUT2D eigenvalue weighted by Crippen LogP contribution is -2.46. The fourth-order valence-corrected chi connectivity index (χ4v) is 2.93. The predicted octanol–water partition coefficient (Wildman–Crippen LogP) is 1.35. The zero-order chi connectivity index (χ0) is 19.1. The summed E-state index contributed by atoms with van der Waals surface area (Å²) in [5, 5.41) is 11.6. The van der Waals surface area contributed by atoms with Gasteiger partial charge < -0.3 is 24.4 Å². The lowest BCUT2D eigenvalue weighted by molar-refractivity contribution is -0.131. The number of methoxy groups -OCH3 is 3. The van der Waals surface area contributed by atoms with Crippen molar-refractivity contribution in [1.82, 2.24) is 10.2 Å². The van der Waals surface area contributed by atoms with E-state index < -0.39 is 0 Å². The molecule has 1 aromatic rings. The minimum Gasteiger partial charge on any atom is -0.493 e. The maximum absolute atomic E-state index is 12.6. The quantitative estimate of drug-likeness (QED) is 0.821. The average Bonchev–Trinajstić information content (AvgIpc) is 2.67. The molecule has 0 radical (unpaired) electrons. The van der Waals surface area contributed by atoms with Crippen molar-refractivity contribution in [2.45, 2.75) is 25.3 Å². The van der Waals surface area contributed by atoms with Crippen LogP contribution in [0, 0.1) is 11.3 Å².